The second kappa shape index (κ2) is 8.60. The van der Waals surface area contributed by atoms with E-state index in [1.807, 2.05) is 0 Å². The molecule has 130 valence electrons. The van der Waals surface area contributed by atoms with Gasteiger partial charge in [0, 0.05) is 12.6 Å². The molecule has 1 amide bonds. The van der Waals surface area contributed by atoms with Crippen LogP contribution in [-0.2, 0) is 0 Å². The Morgan fingerprint density at radius 1 is 1.33 bits per heavy atom. The molecule has 1 atom stereocenters. The molecule has 1 unspecified atom stereocenters. The van der Waals surface area contributed by atoms with Crippen LogP contribution in [0.1, 0.15) is 10.4 Å². The predicted octanol–water partition coefficient (Wildman–Crippen LogP) is 2.23. The Morgan fingerprint density at radius 2 is 2.00 bits per heavy atom. The van der Waals surface area contributed by atoms with Crippen LogP contribution in [0.3, 0.4) is 0 Å². The van der Waals surface area contributed by atoms with Crippen LogP contribution in [0.5, 0.6) is 17.2 Å². The predicted molar refractivity (Wildman–Crippen MR) is 89.8 cm³/mol. The number of hydrogen-bond donors (Lipinski definition) is 2. The summed E-state index contributed by atoms with van der Waals surface area (Å²) in [7, 11) is 3.03. The van der Waals surface area contributed by atoms with Crippen LogP contribution in [-0.4, -0.2) is 44.5 Å². The van der Waals surface area contributed by atoms with E-state index >= 15 is 0 Å². The van der Waals surface area contributed by atoms with Crippen LogP contribution in [0.15, 0.2) is 39.6 Å². The van der Waals surface area contributed by atoms with Gasteiger partial charge in [0.1, 0.15) is 19.0 Å². The van der Waals surface area contributed by atoms with E-state index in [9.17, 15) is 9.90 Å². The first kappa shape index (κ1) is 18.2. The average Bonchev–Trinajstić information content (AvgIpc) is 3.03. The number of benzene rings is 1. The number of furan rings is 1. The van der Waals surface area contributed by atoms with Gasteiger partial charge in [0.05, 0.1) is 19.8 Å². The van der Waals surface area contributed by atoms with Crippen molar-refractivity contribution in [3.8, 4) is 17.2 Å². The highest BCUT2D eigenvalue weighted by Crippen LogP contribution is 2.36. The van der Waals surface area contributed by atoms with Crippen molar-refractivity contribution in [2.75, 3.05) is 27.4 Å². The van der Waals surface area contributed by atoms with Gasteiger partial charge in [-0.05, 0) is 28.1 Å². The summed E-state index contributed by atoms with van der Waals surface area (Å²) in [4.78, 5) is 11.9. The molecule has 1 aromatic carbocycles. The number of carbonyl (C=O) groups excluding carboxylic acids is 1. The molecule has 2 aromatic rings. The van der Waals surface area contributed by atoms with E-state index in [-0.39, 0.29) is 19.1 Å². The summed E-state index contributed by atoms with van der Waals surface area (Å²) in [5.74, 6) is 1.03. The molecule has 24 heavy (non-hydrogen) atoms. The topological polar surface area (TPSA) is 90.2 Å². The van der Waals surface area contributed by atoms with Gasteiger partial charge in [-0.3, -0.25) is 4.79 Å². The van der Waals surface area contributed by atoms with Gasteiger partial charge in [-0.25, -0.2) is 0 Å². The van der Waals surface area contributed by atoms with Crippen molar-refractivity contribution >= 4 is 21.8 Å². The third-order valence-electron chi connectivity index (χ3n) is 3.13. The normalized spacial score (nSPS) is 11.7. The fraction of sp³-hybridized carbons (Fsp3) is 0.312. The van der Waals surface area contributed by atoms with Crippen LogP contribution in [0.2, 0.25) is 0 Å². The zero-order valence-corrected chi connectivity index (χ0v) is 14.8. The maximum Gasteiger partial charge on any atom is 0.254 e. The molecular formula is C16H18BrNO6. The molecule has 2 rings (SSSR count). The van der Waals surface area contributed by atoms with Crippen molar-refractivity contribution < 1.29 is 28.5 Å². The third-order valence-corrected chi connectivity index (χ3v) is 3.55. The SMILES string of the molecule is COc1cccc(OC)c1OCC(O)CNC(=O)c1coc(Br)c1. The summed E-state index contributed by atoms with van der Waals surface area (Å²) in [6.45, 7) is -0.00874. The molecule has 1 heterocycles. The second-order valence-electron chi connectivity index (χ2n) is 4.81. The number of hydrogen-bond acceptors (Lipinski definition) is 6. The van der Waals surface area contributed by atoms with E-state index in [0.29, 0.717) is 27.5 Å². The third kappa shape index (κ3) is 4.65. The van der Waals surface area contributed by atoms with Crippen molar-refractivity contribution in [3.63, 3.8) is 0 Å². The highest BCUT2D eigenvalue weighted by Gasteiger charge is 2.15. The largest absolute Gasteiger partial charge is 0.493 e. The van der Waals surface area contributed by atoms with E-state index in [0.717, 1.165) is 0 Å². The fourth-order valence-corrected chi connectivity index (χ4v) is 2.28. The molecule has 7 nitrogen and oxygen atoms in total. The maximum atomic E-state index is 11.9. The van der Waals surface area contributed by atoms with Gasteiger partial charge < -0.3 is 29.1 Å². The monoisotopic (exact) mass is 399 g/mol. The molecule has 0 fully saturated rings. The number of halogens is 1. The van der Waals surface area contributed by atoms with Crippen LogP contribution in [0, 0.1) is 0 Å². The maximum absolute atomic E-state index is 11.9. The standard InChI is InChI=1S/C16H18BrNO6/c1-21-12-4-3-5-13(22-2)15(12)24-9-11(19)7-18-16(20)10-6-14(17)23-8-10/h3-6,8,11,19H,7,9H2,1-2H3,(H,18,20). The number of methoxy groups -OCH3 is 2. The lowest BCUT2D eigenvalue weighted by atomic mass is 10.3. The molecule has 1 aromatic heterocycles. The second-order valence-corrected chi connectivity index (χ2v) is 5.59. The molecule has 0 aliphatic carbocycles. The summed E-state index contributed by atoms with van der Waals surface area (Å²) >= 11 is 3.12. The summed E-state index contributed by atoms with van der Waals surface area (Å²) in [5.41, 5.74) is 0.362. The van der Waals surface area contributed by atoms with E-state index < -0.39 is 6.10 Å². The quantitative estimate of drug-likeness (QED) is 0.707. The van der Waals surface area contributed by atoms with Crippen molar-refractivity contribution in [3.05, 3.63) is 40.8 Å². The minimum atomic E-state index is -0.904. The van der Waals surface area contributed by atoms with Crippen molar-refractivity contribution in [2.24, 2.45) is 0 Å². The zero-order chi connectivity index (χ0) is 17.5. The number of para-hydroxylation sites is 1. The zero-order valence-electron chi connectivity index (χ0n) is 13.2. The Balaban J connectivity index is 1.87. The van der Waals surface area contributed by atoms with E-state index in [4.69, 9.17) is 18.6 Å². The first-order chi connectivity index (χ1) is 11.5. The summed E-state index contributed by atoms with van der Waals surface area (Å²) in [5, 5.41) is 12.6. The number of aliphatic hydroxyl groups excluding tert-OH is 1. The molecule has 0 bridgehead atoms. The highest BCUT2D eigenvalue weighted by molar-refractivity contribution is 9.10. The first-order valence-corrected chi connectivity index (χ1v) is 7.88. The Morgan fingerprint density at radius 3 is 2.54 bits per heavy atom. The van der Waals surface area contributed by atoms with Crippen molar-refractivity contribution in [2.45, 2.75) is 6.10 Å². The van der Waals surface area contributed by atoms with Gasteiger partial charge in [0.2, 0.25) is 5.75 Å². The number of carbonyl (C=O) groups is 1. The number of aliphatic hydroxyl groups is 1. The van der Waals surface area contributed by atoms with Crippen LogP contribution in [0.4, 0.5) is 0 Å². The molecule has 0 saturated heterocycles. The van der Waals surface area contributed by atoms with E-state index in [1.165, 1.54) is 26.5 Å². The summed E-state index contributed by atoms with van der Waals surface area (Å²) < 4.78 is 21.4. The molecule has 2 N–H and O–H groups in total. The number of nitrogens with one attached hydrogen (secondary N) is 1. The van der Waals surface area contributed by atoms with Gasteiger partial charge in [-0.2, -0.15) is 0 Å². The van der Waals surface area contributed by atoms with Crippen molar-refractivity contribution in [1.29, 1.82) is 0 Å². The lowest BCUT2D eigenvalue weighted by Crippen LogP contribution is -2.35. The lowest BCUT2D eigenvalue weighted by Gasteiger charge is -2.17. The van der Waals surface area contributed by atoms with E-state index in [1.54, 1.807) is 18.2 Å². The Hall–Kier alpha value is -2.19. The minimum absolute atomic E-state index is 0.0269. The number of rotatable bonds is 8. The van der Waals surface area contributed by atoms with Gasteiger partial charge in [-0.1, -0.05) is 6.07 Å². The minimum Gasteiger partial charge on any atom is -0.493 e. The number of amides is 1. The van der Waals surface area contributed by atoms with Gasteiger partial charge in [-0.15, -0.1) is 0 Å². The van der Waals surface area contributed by atoms with Crippen LogP contribution >= 0.6 is 15.9 Å². The fourth-order valence-electron chi connectivity index (χ4n) is 1.94. The molecular weight excluding hydrogens is 382 g/mol. The molecule has 0 spiro atoms. The Kier molecular flexibility index (Phi) is 6.51. The van der Waals surface area contributed by atoms with Crippen LogP contribution in [0.25, 0.3) is 0 Å². The highest BCUT2D eigenvalue weighted by atomic mass is 79.9. The van der Waals surface area contributed by atoms with Crippen molar-refractivity contribution in [1.82, 2.24) is 5.32 Å². The van der Waals surface area contributed by atoms with Gasteiger partial charge in [0.25, 0.3) is 5.91 Å². The van der Waals surface area contributed by atoms with E-state index in [2.05, 4.69) is 21.2 Å². The summed E-state index contributed by atoms with van der Waals surface area (Å²) in [6.07, 6.45) is 0.418. The Labute approximate surface area is 147 Å². The van der Waals surface area contributed by atoms with Gasteiger partial charge >= 0.3 is 0 Å². The molecule has 0 radical (unpaired) electrons. The Bertz CT molecular complexity index is 665. The van der Waals surface area contributed by atoms with Gasteiger partial charge in [0.15, 0.2) is 16.2 Å². The molecule has 0 saturated carbocycles. The van der Waals surface area contributed by atoms with Crippen LogP contribution < -0.4 is 19.5 Å². The first-order valence-electron chi connectivity index (χ1n) is 7.09. The number of ether oxygens (including phenoxy) is 3. The molecule has 0 aliphatic rings. The summed E-state index contributed by atoms with van der Waals surface area (Å²) in [6, 6.07) is 6.76. The molecule has 8 heteroatoms. The smallest absolute Gasteiger partial charge is 0.254 e. The lowest BCUT2D eigenvalue weighted by molar-refractivity contribution is 0.0833. The average molecular weight is 400 g/mol. The molecule has 0 aliphatic heterocycles.